The molecule has 4 aliphatic rings. The molecule has 16 rings (SSSR count). The van der Waals surface area contributed by atoms with Crippen LogP contribution in [-0.2, 0) is 91.0 Å². The van der Waals surface area contributed by atoms with Crippen LogP contribution in [0.15, 0.2) is 212 Å². The van der Waals surface area contributed by atoms with Gasteiger partial charge in [-0.3, -0.25) is 33.8 Å². The average molecular weight is 1820 g/mol. The number of primary amides is 3. The number of aliphatic hydroxyl groups is 2. The van der Waals surface area contributed by atoms with E-state index in [0.717, 1.165) is 121 Å². The Balaban J connectivity index is 0.000000150. The number of halogens is 12. The summed E-state index contributed by atoms with van der Waals surface area (Å²) < 4.78 is 157. The van der Waals surface area contributed by atoms with Gasteiger partial charge in [0.2, 0.25) is 31.1 Å². The highest BCUT2D eigenvalue weighted by Gasteiger charge is 2.37. The van der Waals surface area contributed by atoms with Crippen LogP contribution >= 0.6 is 0 Å². The molecule has 12 aromatic rings. The normalized spacial score (nSPS) is 14.4. The minimum atomic E-state index is -4.47. The van der Waals surface area contributed by atoms with Crippen LogP contribution in [-0.4, -0.2) is 127 Å². The van der Waals surface area contributed by atoms with Crippen molar-refractivity contribution in [2.75, 3.05) is 56.4 Å². The van der Waals surface area contributed by atoms with Gasteiger partial charge in [0, 0.05) is 76.3 Å². The van der Waals surface area contributed by atoms with Crippen molar-refractivity contribution in [3.8, 4) is 44.6 Å². The monoisotopic (exact) mass is 1820 g/mol. The number of carbonyl (C=O) groups excluding carboxylic acids is 6. The number of nitrogens with zero attached hydrogens (tertiary/aromatic N) is 11. The van der Waals surface area contributed by atoms with Crippen molar-refractivity contribution in [3.05, 3.63) is 302 Å². The third kappa shape index (κ3) is 22.9. The highest BCUT2D eigenvalue weighted by atomic mass is 19.4. The second-order valence-electron chi connectivity index (χ2n) is 30.8. The van der Waals surface area contributed by atoms with Crippen molar-refractivity contribution < 1.29 is 91.7 Å². The zero-order valence-electron chi connectivity index (χ0n) is 70.3. The molecule has 27 nitrogen and oxygen atoms in total. The van der Waals surface area contributed by atoms with Crippen molar-refractivity contribution in [3.63, 3.8) is 0 Å². The first-order chi connectivity index (χ1) is 62.9. The smallest absolute Gasteiger partial charge is 0.382 e. The van der Waals surface area contributed by atoms with E-state index in [0.29, 0.717) is 125 Å². The molecule has 0 saturated carbocycles. The molecule has 0 saturated heterocycles. The number of nitrogens with two attached hydrogens (primary N) is 3. The molecule has 132 heavy (non-hydrogen) atoms. The lowest BCUT2D eigenvalue weighted by molar-refractivity contribution is -0.138. The molecule has 7 aromatic carbocycles. The van der Waals surface area contributed by atoms with Gasteiger partial charge in [0.25, 0.3) is 17.7 Å². The molecule has 4 aliphatic heterocycles. The zero-order valence-corrected chi connectivity index (χ0v) is 70.3. The number of pyridine rings is 3. The predicted octanol–water partition coefficient (Wildman–Crippen LogP) is 13.9. The third-order valence-electron chi connectivity index (χ3n) is 22.1. The summed E-state index contributed by atoms with van der Waals surface area (Å²) in [5, 5.41) is 33.1. The maximum Gasteiger partial charge on any atom is 0.417 e. The van der Waals surface area contributed by atoms with Gasteiger partial charge in [-0.2, -0.15) is 62.7 Å². The highest BCUT2D eigenvalue weighted by Crippen LogP contribution is 2.43. The van der Waals surface area contributed by atoms with E-state index in [-0.39, 0.29) is 40.2 Å². The lowest BCUT2D eigenvalue weighted by Gasteiger charge is -2.31. The maximum absolute atomic E-state index is 13.6. The summed E-state index contributed by atoms with van der Waals surface area (Å²) in [7, 11) is 0. The number of benzene rings is 7. The molecule has 0 fully saturated rings. The lowest BCUT2D eigenvalue weighted by Crippen LogP contribution is -2.35. The van der Waals surface area contributed by atoms with Crippen molar-refractivity contribution in [1.82, 2.24) is 50.8 Å². The SMILES string of the molecule is C[C@@H](NC=O)Nc1cc(C(N)=O)nc(N2CCc3c(cccc3-c3ccc(C(F)(F)F)cn3)C2)n1.C[C@@H](NC=O)Nc1cc(C(N)=O)nc(N2CCc3c(cccc3-c3ccccc3C(F)(F)F)C2)n1.NC(=O)c1cccc(N2CCc3c(cccc3-c3ccc(C(F)(F)F)cc3)C2)n1.O=CN[C@H](O)[C@@H](O)c1cccc(N2CCc3c(cccc3-c3ccc(C(F)(F)F)cc3)C2)n1. The number of hydrogen-bond donors (Lipinski definition) is 10. The number of alkyl halides is 12. The minimum Gasteiger partial charge on any atom is -0.382 e. The molecule has 0 aliphatic carbocycles. The summed E-state index contributed by atoms with van der Waals surface area (Å²) in [6.45, 7) is 7.48. The van der Waals surface area contributed by atoms with E-state index in [1.54, 1.807) is 62.4 Å². The largest absolute Gasteiger partial charge is 0.417 e. The minimum absolute atomic E-state index is 0.00513. The quantitative estimate of drug-likeness (QED) is 0.0161. The van der Waals surface area contributed by atoms with E-state index in [4.69, 9.17) is 17.2 Å². The van der Waals surface area contributed by atoms with Crippen LogP contribution in [0.2, 0.25) is 0 Å². The van der Waals surface area contributed by atoms with Gasteiger partial charge in [-0.25, -0.2) is 19.9 Å². The summed E-state index contributed by atoms with van der Waals surface area (Å²) in [5.41, 5.74) is 27.0. The molecule has 0 radical (unpaired) electrons. The Hall–Kier alpha value is -15.2. The van der Waals surface area contributed by atoms with Crippen LogP contribution in [0.4, 0.5) is 87.9 Å². The second kappa shape index (κ2) is 40.7. The Morgan fingerprint density at radius 3 is 1.19 bits per heavy atom. The molecule has 9 heterocycles. The molecule has 0 bridgehead atoms. The van der Waals surface area contributed by atoms with Gasteiger partial charge in [0.1, 0.15) is 46.5 Å². The fraction of sp³-hybridized carbons (Fsp3) is 0.237. The Morgan fingerprint density at radius 2 is 0.765 bits per heavy atom. The number of aliphatic hydroxyl groups excluding tert-OH is 2. The van der Waals surface area contributed by atoms with Gasteiger partial charge in [0.15, 0.2) is 6.23 Å². The Bertz CT molecular complexity index is 6200. The highest BCUT2D eigenvalue weighted by molar-refractivity contribution is 5.93. The van der Waals surface area contributed by atoms with Gasteiger partial charge in [0.05, 0.1) is 46.0 Å². The summed E-state index contributed by atoms with van der Waals surface area (Å²) in [4.78, 5) is 105. The maximum atomic E-state index is 13.6. The Morgan fingerprint density at radius 1 is 0.386 bits per heavy atom. The summed E-state index contributed by atoms with van der Waals surface area (Å²) in [6.07, 6.45) is -16.8. The van der Waals surface area contributed by atoms with E-state index < -0.39 is 89.3 Å². The molecule has 684 valence electrons. The fourth-order valence-corrected chi connectivity index (χ4v) is 15.7. The predicted molar refractivity (Wildman–Crippen MR) is 467 cm³/mol. The zero-order chi connectivity index (χ0) is 94.5. The molecular weight excluding hydrogens is 1740 g/mol. The molecule has 0 spiro atoms. The Labute approximate surface area is 746 Å². The molecule has 6 amide bonds. The number of rotatable bonds is 23. The molecule has 4 atom stereocenters. The van der Waals surface area contributed by atoms with Crippen molar-refractivity contribution >= 4 is 72.1 Å². The molecular formula is C93H85F12N19O8. The molecule has 39 heteroatoms. The van der Waals surface area contributed by atoms with Crippen LogP contribution in [0.3, 0.4) is 0 Å². The van der Waals surface area contributed by atoms with E-state index >= 15 is 0 Å². The van der Waals surface area contributed by atoms with Crippen LogP contribution in [0.25, 0.3) is 44.6 Å². The molecule has 0 unspecified atom stereocenters. The number of carbonyl (C=O) groups is 6. The van der Waals surface area contributed by atoms with Gasteiger partial charge >= 0.3 is 24.7 Å². The first-order valence-corrected chi connectivity index (χ1v) is 41.0. The third-order valence-corrected chi connectivity index (χ3v) is 22.1. The summed E-state index contributed by atoms with van der Waals surface area (Å²) in [6, 6.07) is 53.9. The number of aromatic nitrogens is 7. The van der Waals surface area contributed by atoms with E-state index in [2.05, 4.69) is 66.4 Å². The lowest BCUT2D eigenvalue weighted by atomic mass is 9.88. The first kappa shape index (κ1) is 94.5. The van der Waals surface area contributed by atoms with Crippen LogP contribution in [0, 0.1) is 0 Å². The van der Waals surface area contributed by atoms with Crippen LogP contribution in [0.5, 0.6) is 0 Å². The van der Waals surface area contributed by atoms with Crippen LogP contribution < -0.4 is 63.4 Å². The topological polar surface area (TPSA) is 384 Å². The van der Waals surface area contributed by atoms with Crippen LogP contribution in [0.1, 0.15) is 124 Å². The number of fused-ring (bicyclic) bond motifs is 4. The number of hydrogen-bond acceptors (Lipinski definition) is 21. The number of amides is 6. The number of nitrogens with one attached hydrogen (secondary N) is 5. The fourth-order valence-electron chi connectivity index (χ4n) is 15.7. The van der Waals surface area contributed by atoms with E-state index in [1.807, 2.05) is 81.4 Å². The van der Waals surface area contributed by atoms with Gasteiger partial charge in [-0.15, -0.1) is 0 Å². The standard InChI is InChI=1S/C24H23F3N6O2.C24H22F3N3O3.C23H22F3N7O2.C22H18F3N3O/c1-14(29-13-34)30-21-11-20(22(28)35)31-23(32-21)33-10-9-16-15(12-33)5-4-7-17(16)18-6-2-3-8-19(18)24(25,26)27;25-24(26,27)17-9-7-15(8-10-17)18-4-1-3-16-13-30(12-11-19(16)18)21-6-2-5-20(29-21)22(32)23(33)28-14-31;1-13(29-12-34)30-20-9-19(21(27)35)31-22(32-20)33-8-7-16-14(11-33)3-2-4-17(16)18-6-5-15(10-28-18)23(24,25)26;23-22(24,25)16-9-7-14(8-10-16)17-4-1-3-15-13-28(12-11-18(15)17)20-6-2-5-19(27-20)21(26)29/h2-8,11,13-14H,9-10,12H2,1H3,(H2,28,35)(H,29,34)(H,30,31,32);1-10,14,22-23,32-33H,11-13H2,(H,28,31);2-6,9-10,12-13H,7-8,11H2,1H3,(H2,27,35)(H,29,34)(H,30,31,32);1-10H,11-13H2,(H2,26,29)/t14-;22-,23+;13-;/m000./s1. The van der Waals surface area contributed by atoms with Crippen molar-refractivity contribution in [2.45, 2.75) is 115 Å². The van der Waals surface area contributed by atoms with E-state index in [9.17, 15) is 91.7 Å². The van der Waals surface area contributed by atoms with Gasteiger partial charge < -0.3 is 73.6 Å². The second-order valence-corrected chi connectivity index (χ2v) is 30.8. The summed E-state index contributed by atoms with van der Waals surface area (Å²) in [5.74, 6) is 0.385. The van der Waals surface area contributed by atoms with E-state index in [1.165, 1.54) is 54.6 Å². The average Bonchev–Trinajstić information content (AvgIpc) is 0.781. The van der Waals surface area contributed by atoms with Crippen molar-refractivity contribution in [1.29, 1.82) is 0 Å². The molecule has 5 aromatic heterocycles. The van der Waals surface area contributed by atoms with Gasteiger partial charge in [-0.1, -0.05) is 127 Å². The Kier molecular flexibility index (Phi) is 29.1. The first-order valence-electron chi connectivity index (χ1n) is 41.0. The summed E-state index contributed by atoms with van der Waals surface area (Å²) >= 11 is 0. The van der Waals surface area contributed by atoms with Crippen molar-refractivity contribution in [2.24, 2.45) is 17.2 Å². The van der Waals surface area contributed by atoms with Gasteiger partial charge in [-0.05, 0) is 184 Å². The number of anilines is 6. The molecule has 13 N–H and O–H groups in total.